The van der Waals surface area contributed by atoms with Crippen molar-refractivity contribution >= 4 is 28.7 Å². The third-order valence-corrected chi connectivity index (χ3v) is 6.24. The zero-order chi connectivity index (χ0) is 18.9. The first-order valence-corrected chi connectivity index (χ1v) is 10.0. The Balaban J connectivity index is 2.00. The van der Waals surface area contributed by atoms with E-state index in [0.717, 1.165) is 28.7 Å². The Labute approximate surface area is 157 Å². The van der Waals surface area contributed by atoms with Crippen LogP contribution in [0.5, 0.6) is 0 Å². The van der Waals surface area contributed by atoms with Gasteiger partial charge in [-0.3, -0.25) is 10.1 Å². The second-order valence-corrected chi connectivity index (χ2v) is 8.29. The van der Waals surface area contributed by atoms with E-state index < -0.39 is 5.54 Å². The minimum Gasteiger partial charge on any atom is -0.468 e. The molecule has 6 heteroatoms. The van der Waals surface area contributed by atoms with Gasteiger partial charge in [0.05, 0.1) is 7.11 Å². The number of methoxy groups -OCH3 is 1. The number of carbonyl (C=O) groups excluding carboxylic acids is 1. The number of aryl methyl sites for hydroxylation is 1. The van der Waals surface area contributed by atoms with Crippen LogP contribution in [-0.4, -0.2) is 30.1 Å². The average molecular weight is 375 g/mol. The molecule has 2 aromatic rings. The molecule has 140 valence electrons. The summed E-state index contributed by atoms with van der Waals surface area (Å²) in [7, 11) is 1.42. The number of benzene rings is 1. The molecular weight excluding hydrogens is 350 g/mol. The fourth-order valence-corrected chi connectivity index (χ4v) is 4.91. The molecule has 5 nitrogen and oxygen atoms in total. The van der Waals surface area contributed by atoms with Gasteiger partial charge < -0.3 is 9.15 Å². The molecule has 1 fully saturated rings. The maximum absolute atomic E-state index is 12.3. The molecule has 1 atom stereocenters. The van der Waals surface area contributed by atoms with E-state index in [9.17, 15) is 9.59 Å². The highest BCUT2D eigenvalue weighted by Gasteiger charge is 2.42. The molecule has 1 aromatic carbocycles. The fraction of sp³-hybridized carbons (Fsp3) is 0.500. The summed E-state index contributed by atoms with van der Waals surface area (Å²) in [5.74, 6) is 1.72. The number of esters is 1. The number of rotatable bonds is 5. The molecule has 0 aliphatic carbocycles. The van der Waals surface area contributed by atoms with E-state index in [4.69, 9.17) is 9.15 Å². The lowest BCUT2D eigenvalue weighted by molar-refractivity contribution is -0.147. The molecule has 0 radical (unpaired) electrons. The summed E-state index contributed by atoms with van der Waals surface area (Å²) < 4.78 is 10.4. The van der Waals surface area contributed by atoms with Crippen molar-refractivity contribution in [2.24, 2.45) is 0 Å². The Hall–Kier alpha value is -1.79. The van der Waals surface area contributed by atoms with Gasteiger partial charge in [-0.15, -0.1) is 0 Å². The molecule has 0 amide bonds. The summed E-state index contributed by atoms with van der Waals surface area (Å²) in [6.45, 7) is 6.74. The Kier molecular flexibility index (Phi) is 5.44. The monoisotopic (exact) mass is 375 g/mol. The first-order valence-electron chi connectivity index (χ1n) is 8.85. The van der Waals surface area contributed by atoms with Crippen LogP contribution in [0.1, 0.15) is 42.9 Å². The zero-order valence-corrected chi connectivity index (χ0v) is 16.5. The summed E-state index contributed by atoms with van der Waals surface area (Å²) in [5.41, 5.74) is 2.71. The highest BCUT2D eigenvalue weighted by Crippen LogP contribution is 2.31. The Morgan fingerprint density at radius 3 is 2.77 bits per heavy atom. The van der Waals surface area contributed by atoms with Gasteiger partial charge in [0, 0.05) is 23.8 Å². The molecule has 1 saturated heterocycles. The molecule has 2 heterocycles. The Morgan fingerprint density at radius 2 is 2.15 bits per heavy atom. The van der Waals surface area contributed by atoms with E-state index in [1.54, 1.807) is 11.8 Å². The quantitative estimate of drug-likeness (QED) is 0.638. The first kappa shape index (κ1) is 19.0. The van der Waals surface area contributed by atoms with Gasteiger partial charge in [-0.2, -0.15) is 11.8 Å². The van der Waals surface area contributed by atoms with Crippen LogP contribution in [0.2, 0.25) is 0 Å². The summed E-state index contributed by atoms with van der Waals surface area (Å²) in [4.78, 5) is 24.3. The number of hydrogen-bond donors (Lipinski definition) is 1. The van der Waals surface area contributed by atoms with E-state index in [1.165, 1.54) is 18.7 Å². The summed E-state index contributed by atoms with van der Waals surface area (Å²) in [6, 6.07) is 5.54. The number of thioether (sulfide) groups is 1. The van der Waals surface area contributed by atoms with Crippen molar-refractivity contribution < 1.29 is 13.9 Å². The minimum absolute atomic E-state index is 0.242. The van der Waals surface area contributed by atoms with Crippen LogP contribution in [0.3, 0.4) is 0 Å². The second kappa shape index (κ2) is 7.45. The largest absolute Gasteiger partial charge is 0.468 e. The summed E-state index contributed by atoms with van der Waals surface area (Å²) >= 11 is 1.73. The van der Waals surface area contributed by atoms with Gasteiger partial charge >= 0.3 is 11.6 Å². The molecule has 26 heavy (non-hydrogen) atoms. The van der Waals surface area contributed by atoms with Crippen LogP contribution in [-0.2, 0) is 16.1 Å². The summed E-state index contributed by atoms with van der Waals surface area (Å²) in [6.07, 6.45) is 0.722. The van der Waals surface area contributed by atoms with Crippen molar-refractivity contribution in [1.29, 1.82) is 0 Å². The van der Waals surface area contributed by atoms with Crippen molar-refractivity contribution in [3.8, 4) is 0 Å². The summed E-state index contributed by atoms with van der Waals surface area (Å²) in [5, 5.41) is 4.28. The van der Waals surface area contributed by atoms with Crippen LogP contribution >= 0.6 is 11.8 Å². The third kappa shape index (κ3) is 3.53. The number of nitrogens with one attached hydrogen (secondary N) is 1. The lowest BCUT2D eigenvalue weighted by atomic mass is 9.94. The number of ether oxygens (including phenoxy) is 1. The molecule has 1 N–H and O–H groups in total. The van der Waals surface area contributed by atoms with Crippen LogP contribution in [0.4, 0.5) is 0 Å². The maximum atomic E-state index is 12.3. The van der Waals surface area contributed by atoms with Crippen molar-refractivity contribution in [2.75, 3.05) is 18.6 Å². The van der Waals surface area contributed by atoms with Gasteiger partial charge in [-0.25, -0.2) is 4.79 Å². The van der Waals surface area contributed by atoms with Crippen LogP contribution in [0.15, 0.2) is 27.4 Å². The number of carbonyl (C=O) groups is 1. The molecule has 0 saturated carbocycles. The standard InChI is InChI=1S/C20H25NO4S/c1-12(2)15-9-16-14(8-18(22)25-17(16)7-13(15)3)10-21-20(19(23)24-4)5-6-26-11-20/h7-9,12,21H,5-6,10-11H2,1-4H3/t20-/m0/s1. The van der Waals surface area contributed by atoms with Gasteiger partial charge in [0.15, 0.2) is 0 Å². The molecule has 0 bridgehead atoms. The van der Waals surface area contributed by atoms with E-state index in [1.807, 2.05) is 13.0 Å². The topological polar surface area (TPSA) is 68.5 Å². The average Bonchev–Trinajstić information content (AvgIpc) is 3.08. The Morgan fingerprint density at radius 1 is 1.38 bits per heavy atom. The van der Waals surface area contributed by atoms with Crippen molar-refractivity contribution in [3.05, 3.63) is 45.3 Å². The highest BCUT2D eigenvalue weighted by molar-refractivity contribution is 7.99. The first-order chi connectivity index (χ1) is 12.4. The van der Waals surface area contributed by atoms with E-state index >= 15 is 0 Å². The molecule has 0 spiro atoms. The lowest BCUT2D eigenvalue weighted by Gasteiger charge is -2.26. The van der Waals surface area contributed by atoms with Crippen molar-refractivity contribution in [3.63, 3.8) is 0 Å². The smallest absolute Gasteiger partial charge is 0.336 e. The van der Waals surface area contributed by atoms with Gasteiger partial charge in [-0.1, -0.05) is 13.8 Å². The number of hydrogen-bond acceptors (Lipinski definition) is 6. The molecule has 1 aromatic heterocycles. The molecule has 1 aliphatic heterocycles. The highest BCUT2D eigenvalue weighted by atomic mass is 32.2. The normalized spacial score (nSPS) is 20.0. The van der Waals surface area contributed by atoms with Gasteiger partial charge in [0.2, 0.25) is 0 Å². The van der Waals surface area contributed by atoms with Gasteiger partial charge in [0.25, 0.3) is 0 Å². The SMILES string of the molecule is COC(=O)[C@]1(NCc2cc(=O)oc3cc(C)c(C(C)C)cc23)CCSC1. The second-order valence-electron chi connectivity index (χ2n) is 7.18. The molecule has 0 unspecified atom stereocenters. The molecule has 1 aliphatic rings. The zero-order valence-electron chi connectivity index (χ0n) is 15.7. The van der Waals surface area contributed by atoms with Crippen molar-refractivity contribution in [1.82, 2.24) is 5.32 Å². The van der Waals surface area contributed by atoms with Gasteiger partial charge in [-0.05, 0) is 53.8 Å². The maximum Gasteiger partial charge on any atom is 0.336 e. The number of fused-ring (bicyclic) bond motifs is 1. The molecule has 3 rings (SSSR count). The Bertz CT molecular complexity index is 881. The minimum atomic E-state index is -0.687. The van der Waals surface area contributed by atoms with Crippen LogP contribution < -0.4 is 10.9 Å². The van der Waals surface area contributed by atoms with Crippen molar-refractivity contribution in [2.45, 2.75) is 45.2 Å². The predicted octanol–water partition coefficient (Wildman–Crippen LogP) is 3.36. The van der Waals surface area contributed by atoms with Crippen LogP contribution in [0, 0.1) is 6.92 Å². The van der Waals surface area contributed by atoms with E-state index in [-0.39, 0.29) is 11.6 Å². The fourth-order valence-electron chi connectivity index (χ4n) is 3.56. The van der Waals surface area contributed by atoms with E-state index in [2.05, 4.69) is 25.2 Å². The predicted molar refractivity (Wildman–Crippen MR) is 105 cm³/mol. The van der Waals surface area contributed by atoms with Crippen LogP contribution in [0.25, 0.3) is 11.0 Å². The van der Waals surface area contributed by atoms with Gasteiger partial charge in [0.1, 0.15) is 11.1 Å². The molecular formula is C20H25NO4S. The lowest BCUT2D eigenvalue weighted by Crippen LogP contribution is -2.52. The third-order valence-electron chi connectivity index (χ3n) is 5.05. The van der Waals surface area contributed by atoms with E-state index in [0.29, 0.717) is 23.8 Å².